The van der Waals surface area contributed by atoms with Crippen LogP contribution in [0, 0.1) is 17.0 Å². The molecule has 106 valence electrons. The Morgan fingerprint density at radius 3 is 2.65 bits per heavy atom. The van der Waals surface area contributed by atoms with Crippen molar-refractivity contribution in [3.8, 4) is 0 Å². The first-order chi connectivity index (χ1) is 9.40. The topological polar surface area (TPSA) is 55.2 Å². The lowest BCUT2D eigenvalue weighted by Crippen LogP contribution is -2.26. The summed E-state index contributed by atoms with van der Waals surface area (Å²) < 4.78 is 0. The van der Waals surface area contributed by atoms with Gasteiger partial charge in [0.15, 0.2) is 0 Å². The van der Waals surface area contributed by atoms with Crippen molar-refractivity contribution in [2.24, 2.45) is 0 Å². The molecule has 0 radical (unpaired) electrons. The summed E-state index contributed by atoms with van der Waals surface area (Å²) >= 11 is 1.75. The van der Waals surface area contributed by atoms with Gasteiger partial charge < -0.3 is 5.32 Å². The maximum absolute atomic E-state index is 10.7. The maximum atomic E-state index is 10.7. The van der Waals surface area contributed by atoms with Crippen LogP contribution in [0.3, 0.4) is 0 Å². The number of benzene rings is 1. The van der Waals surface area contributed by atoms with E-state index in [4.69, 9.17) is 0 Å². The molecule has 2 rings (SSSR count). The highest BCUT2D eigenvalue weighted by Crippen LogP contribution is 2.29. The van der Waals surface area contributed by atoms with Gasteiger partial charge in [0, 0.05) is 34.7 Å². The van der Waals surface area contributed by atoms with Crippen LogP contribution in [0.2, 0.25) is 0 Å². The number of rotatable bonds is 5. The molecule has 1 aromatic heterocycles. The molecule has 0 unspecified atom stereocenters. The van der Waals surface area contributed by atoms with Crippen molar-refractivity contribution in [2.75, 3.05) is 11.9 Å². The largest absolute Gasteiger partial charge is 0.384 e. The lowest BCUT2D eigenvalue weighted by atomic mass is 9.91. The molecular formula is C15H18N2O2S. The lowest BCUT2D eigenvalue weighted by molar-refractivity contribution is -0.384. The highest BCUT2D eigenvalue weighted by Gasteiger charge is 2.21. The van der Waals surface area contributed by atoms with Crippen LogP contribution >= 0.6 is 11.3 Å². The third-order valence-corrected chi connectivity index (χ3v) is 4.57. The normalized spacial score (nSPS) is 11.3. The standard InChI is InChI=1S/C15H18N2O2S/c1-11-9-12(17(18)19)6-7-13(11)16-10-15(2,3)14-5-4-8-20-14/h4-9,16H,10H2,1-3H3. The molecular weight excluding hydrogens is 272 g/mol. The highest BCUT2D eigenvalue weighted by molar-refractivity contribution is 7.10. The van der Waals surface area contributed by atoms with E-state index in [1.54, 1.807) is 23.5 Å². The second kappa shape index (κ2) is 5.63. The molecule has 20 heavy (non-hydrogen) atoms. The average Bonchev–Trinajstić information content (AvgIpc) is 2.91. The second-order valence-electron chi connectivity index (χ2n) is 5.47. The number of nitrogens with one attached hydrogen (secondary N) is 1. The van der Waals surface area contributed by atoms with Crippen LogP contribution in [0.1, 0.15) is 24.3 Å². The predicted molar refractivity (Wildman–Crippen MR) is 83.7 cm³/mol. The Labute approximate surface area is 122 Å². The average molecular weight is 290 g/mol. The summed E-state index contributed by atoms with van der Waals surface area (Å²) in [5.41, 5.74) is 1.99. The number of hydrogen-bond acceptors (Lipinski definition) is 4. The smallest absolute Gasteiger partial charge is 0.269 e. The number of thiophene rings is 1. The molecule has 0 aliphatic rings. The van der Waals surface area contributed by atoms with Gasteiger partial charge >= 0.3 is 0 Å². The summed E-state index contributed by atoms with van der Waals surface area (Å²) in [5.74, 6) is 0. The minimum Gasteiger partial charge on any atom is -0.384 e. The zero-order valence-corrected chi connectivity index (χ0v) is 12.7. The fourth-order valence-electron chi connectivity index (χ4n) is 2.03. The number of aryl methyl sites for hydroxylation is 1. The van der Waals surface area contributed by atoms with Gasteiger partial charge in [0.1, 0.15) is 0 Å². The lowest BCUT2D eigenvalue weighted by Gasteiger charge is -2.24. The van der Waals surface area contributed by atoms with Gasteiger partial charge in [-0.3, -0.25) is 10.1 Å². The van der Waals surface area contributed by atoms with Crippen LogP contribution in [0.5, 0.6) is 0 Å². The number of nitro benzene ring substituents is 1. The monoisotopic (exact) mass is 290 g/mol. The molecule has 5 heteroatoms. The molecule has 0 aliphatic carbocycles. The van der Waals surface area contributed by atoms with Crippen molar-refractivity contribution >= 4 is 22.7 Å². The fraction of sp³-hybridized carbons (Fsp3) is 0.333. The summed E-state index contributed by atoms with van der Waals surface area (Å²) in [5, 5.41) is 16.2. The zero-order chi connectivity index (χ0) is 14.8. The van der Waals surface area contributed by atoms with E-state index in [0.717, 1.165) is 17.8 Å². The molecule has 2 aromatic rings. The maximum Gasteiger partial charge on any atom is 0.269 e. The van der Waals surface area contributed by atoms with Gasteiger partial charge in [-0.05, 0) is 30.0 Å². The Morgan fingerprint density at radius 2 is 2.10 bits per heavy atom. The number of nitrogens with zero attached hydrogens (tertiary/aromatic N) is 1. The first-order valence-electron chi connectivity index (χ1n) is 6.43. The predicted octanol–water partition coefficient (Wildman–Crippen LogP) is 4.35. The van der Waals surface area contributed by atoms with Crippen molar-refractivity contribution in [1.29, 1.82) is 0 Å². The molecule has 0 saturated heterocycles. The van der Waals surface area contributed by atoms with Crippen LogP contribution in [0.4, 0.5) is 11.4 Å². The van der Waals surface area contributed by atoms with Crippen LogP contribution in [0.25, 0.3) is 0 Å². The van der Waals surface area contributed by atoms with E-state index in [2.05, 4.69) is 36.7 Å². The van der Waals surface area contributed by atoms with Gasteiger partial charge in [-0.2, -0.15) is 0 Å². The number of hydrogen-bond donors (Lipinski definition) is 1. The first-order valence-corrected chi connectivity index (χ1v) is 7.31. The van der Waals surface area contributed by atoms with Gasteiger partial charge in [0.25, 0.3) is 5.69 Å². The summed E-state index contributed by atoms with van der Waals surface area (Å²) in [6, 6.07) is 9.10. The van der Waals surface area contributed by atoms with Gasteiger partial charge in [-0.1, -0.05) is 19.9 Å². The molecule has 1 N–H and O–H groups in total. The van der Waals surface area contributed by atoms with Crippen molar-refractivity contribution in [3.63, 3.8) is 0 Å². The third kappa shape index (κ3) is 3.17. The van der Waals surface area contributed by atoms with E-state index >= 15 is 0 Å². The summed E-state index contributed by atoms with van der Waals surface area (Å²) in [6.45, 7) is 7.04. The van der Waals surface area contributed by atoms with Crippen LogP contribution in [0.15, 0.2) is 35.7 Å². The van der Waals surface area contributed by atoms with Gasteiger partial charge in [0.05, 0.1) is 4.92 Å². The van der Waals surface area contributed by atoms with Gasteiger partial charge in [-0.15, -0.1) is 11.3 Å². The highest BCUT2D eigenvalue weighted by atomic mass is 32.1. The quantitative estimate of drug-likeness (QED) is 0.657. The van der Waals surface area contributed by atoms with Crippen LogP contribution < -0.4 is 5.32 Å². The SMILES string of the molecule is Cc1cc([N+](=O)[O-])ccc1NCC(C)(C)c1cccs1. The van der Waals surface area contributed by atoms with E-state index < -0.39 is 0 Å². The van der Waals surface area contributed by atoms with Crippen LogP contribution in [-0.4, -0.2) is 11.5 Å². The van der Waals surface area contributed by atoms with E-state index in [1.165, 1.54) is 10.9 Å². The molecule has 0 atom stereocenters. The Hall–Kier alpha value is -1.88. The van der Waals surface area contributed by atoms with E-state index in [0.29, 0.717) is 0 Å². The van der Waals surface area contributed by atoms with Gasteiger partial charge in [0.2, 0.25) is 0 Å². The van der Waals surface area contributed by atoms with Crippen molar-refractivity contribution in [2.45, 2.75) is 26.2 Å². The first kappa shape index (κ1) is 14.5. The minimum atomic E-state index is -0.369. The molecule has 0 amide bonds. The molecule has 0 spiro atoms. The third-order valence-electron chi connectivity index (χ3n) is 3.33. The number of anilines is 1. The zero-order valence-electron chi connectivity index (χ0n) is 11.8. The number of non-ortho nitro benzene ring substituents is 1. The summed E-state index contributed by atoms with van der Waals surface area (Å²) in [4.78, 5) is 11.7. The summed E-state index contributed by atoms with van der Waals surface area (Å²) in [7, 11) is 0. The molecule has 1 heterocycles. The Bertz CT molecular complexity index is 606. The molecule has 0 saturated carbocycles. The minimum absolute atomic E-state index is 0.0301. The number of nitro groups is 1. The molecule has 4 nitrogen and oxygen atoms in total. The Kier molecular flexibility index (Phi) is 4.09. The van der Waals surface area contributed by atoms with E-state index in [9.17, 15) is 10.1 Å². The van der Waals surface area contributed by atoms with Crippen molar-refractivity contribution in [3.05, 3.63) is 56.3 Å². The van der Waals surface area contributed by atoms with Crippen molar-refractivity contribution < 1.29 is 4.92 Å². The van der Waals surface area contributed by atoms with E-state index in [1.807, 2.05) is 6.92 Å². The fourth-order valence-corrected chi connectivity index (χ4v) is 2.88. The second-order valence-corrected chi connectivity index (χ2v) is 6.42. The molecule has 0 aliphatic heterocycles. The molecule has 0 fully saturated rings. The van der Waals surface area contributed by atoms with Crippen molar-refractivity contribution in [1.82, 2.24) is 0 Å². The Morgan fingerprint density at radius 1 is 1.35 bits per heavy atom. The van der Waals surface area contributed by atoms with Gasteiger partial charge in [-0.25, -0.2) is 0 Å². The summed E-state index contributed by atoms with van der Waals surface area (Å²) in [6.07, 6.45) is 0. The Balaban J connectivity index is 2.10. The van der Waals surface area contributed by atoms with E-state index in [-0.39, 0.29) is 16.0 Å². The van der Waals surface area contributed by atoms with Crippen LogP contribution in [-0.2, 0) is 5.41 Å². The molecule has 1 aromatic carbocycles. The molecule has 0 bridgehead atoms.